The van der Waals surface area contributed by atoms with Crippen LogP contribution in [0.3, 0.4) is 0 Å². The van der Waals surface area contributed by atoms with E-state index in [0.29, 0.717) is 28.4 Å². The summed E-state index contributed by atoms with van der Waals surface area (Å²) in [7, 11) is 1.52. The molecule has 6 heteroatoms. The van der Waals surface area contributed by atoms with Gasteiger partial charge in [0.05, 0.1) is 12.8 Å². The number of ether oxygens (including phenoxy) is 1. The number of nitrogen functional groups attached to an aromatic ring is 1. The predicted octanol–water partition coefficient (Wildman–Crippen LogP) is 2.94. The summed E-state index contributed by atoms with van der Waals surface area (Å²) < 4.78 is 18.6. The summed E-state index contributed by atoms with van der Waals surface area (Å²) >= 11 is 0. The van der Waals surface area contributed by atoms with E-state index in [0.717, 1.165) is 0 Å². The number of methoxy groups -OCH3 is 1. The van der Waals surface area contributed by atoms with Crippen LogP contribution < -0.4 is 10.5 Å². The molecule has 2 aromatic heterocycles. The molecule has 5 nitrogen and oxygen atoms in total. The molecule has 0 unspecified atom stereocenters. The van der Waals surface area contributed by atoms with Crippen LogP contribution in [0.5, 0.6) is 5.75 Å². The summed E-state index contributed by atoms with van der Waals surface area (Å²) in [5, 5.41) is 0. The maximum absolute atomic E-state index is 13.1. The Morgan fingerprint density at radius 1 is 1.00 bits per heavy atom. The number of hydrogen-bond donors (Lipinski definition) is 1. The fourth-order valence-electron chi connectivity index (χ4n) is 2.14. The minimum atomic E-state index is -0.324. The standard InChI is InChI=1S/C16H13FN4O/c1-22-15-13(10-5-7-11(17)8-6-10)20-16(18)21-14(15)12-4-2-3-9-19-12/h2-9H,1H3,(H2,18,20,21). The third-order valence-corrected chi connectivity index (χ3v) is 3.11. The molecule has 2 heterocycles. The number of anilines is 1. The van der Waals surface area contributed by atoms with Gasteiger partial charge in [0.1, 0.15) is 17.2 Å². The van der Waals surface area contributed by atoms with E-state index in [1.807, 2.05) is 6.07 Å². The molecular weight excluding hydrogens is 283 g/mol. The molecule has 22 heavy (non-hydrogen) atoms. The van der Waals surface area contributed by atoms with Crippen LogP contribution in [0, 0.1) is 5.82 Å². The van der Waals surface area contributed by atoms with E-state index in [1.165, 1.54) is 19.2 Å². The molecular formula is C16H13FN4O. The minimum Gasteiger partial charge on any atom is -0.492 e. The average Bonchev–Trinajstić information content (AvgIpc) is 2.55. The molecule has 0 saturated carbocycles. The lowest BCUT2D eigenvalue weighted by Crippen LogP contribution is -2.03. The molecule has 110 valence electrons. The van der Waals surface area contributed by atoms with Crippen molar-refractivity contribution < 1.29 is 9.13 Å². The van der Waals surface area contributed by atoms with Gasteiger partial charge in [-0.05, 0) is 36.4 Å². The summed E-state index contributed by atoms with van der Waals surface area (Å²) in [5.74, 6) is 0.218. The van der Waals surface area contributed by atoms with Gasteiger partial charge in [-0.15, -0.1) is 0 Å². The normalized spacial score (nSPS) is 10.5. The molecule has 0 bridgehead atoms. The molecule has 0 aliphatic heterocycles. The van der Waals surface area contributed by atoms with Crippen LogP contribution in [0.1, 0.15) is 0 Å². The Morgan fingerprint density at radius 3 is 2.36 bits per heavy atom. The van der Waals surface area contributed by atoms with E-state index >= 15 is 0 Å². The van der Waals surface area contributed by atoms with Crippen LogP contribution in [-0.4, -0.2) is 22.1 Å². The lowest BCUT2D eigenvalue weighted by atomic mass is 10.1. The van der Waals surface area contributed by atoms with Crippen LogP contribution in [-0.2, 0) is 0 Å². The number of nitrogens with two attached hydrogens (primary N) is 1. The molecule has 0 amide bonds. The summed E-state index contributed by atoms with van der Waals surface area (Å²) in [6, 6.07) is 11.4. The topological polar surface area (TPSA) is 73.9 Å². The Morgan fingerprint density at radius 2 is 1.73 bits per heavy atom. The molecule has 0 fully saturated rings. The van der Waals surface area contributed by atoms with E-state index in [9.17, 15) is 4.39 Å². The number of benzene rings is 1. The molecule has 0 saturated heterocycles. The molecule has 1 aromatic carbocycles. The van der Waals surface area contributed by atoms with Gasteiger partial charge in [-0.2, -0.15) is 0 Å². The van der Waals surface area contributed by atoms with Gasteiger partial charge in [0, 0.05) is 11.8 Å². The molecule has 0 spiro atoms. The maximum Gasteiger partial charge on any atom is 0.221 e. The Bertz CT molecular complexity index is 791. The van der Waals surface area contributed by atoms with Gasteiger partial charge in [0.15, 0.2) is 5.75 Å². The van der Waals surface area contributed by atoms with Crippen molar-refractivity contribution in [2.45, 2.75) is 0 Å². The third-order valence-electron chi connectivity index (χ3n) is 3.11. The van der Waals surface area contributed by atoms with E-state index < -0.39 is 0 Å². The number of hydrogen-bond acceptors (Lipinski definition) is 5. The molecule has 0 aliphatic carbocycles. The zero-order valence-corrected chi connectivity index (χ0v) is 11.8. The van der Waals surface area contributed by atoms with Gasteiger partial charge in [0.25, 0.3) is 0 Å². The van der Waals surface area contributed by atoms with E-state index in [4.69, 9.17) is 10.5 Å². The number of halogens is 1. The van der Waals surface area contributed by atoms with Crippen molar-refractivity contribution in [2.75, 3.05) is 12.8 Å². The highest BCUT2D eigenvalue weighted by atomic mass is 19.1. The summed E-state index contributed by atoms with van der Waals surface area (Å²) in [6.07, 6.45) is 1.66. The van der Waals surface area contributed by atoms with Crippen molar-refractivity contribution >= 4 is 5.95 Å². The molecule has 0 atom stereocenters. The van der Waals surface area contributed by atoms with Crippen LogP contribution in [0.2, 0.25) is 0 Å². The molecule has 3 rings (SSSR count). The highest BCUT2D eigenvalue weighted by molar-refractivity contribution is 5.77. The van der Waals surface area contributed by atoms with Gasteiger partial charge < -0.3 is 10.5 Å². The first-order chi connectivity index (χ1) is 10.7. The van der Waals surface area contributed by atoms with Crippen molar-refractivity contribution in [3.63, 3.8) is 0 Å². The Kier molecular flexibility index (Phi) is 3.65. The maximum atomic E-state index is 13.1. The van der Waals surface area contributed by atoms with Crippen LogP contribution >= 0.6 is 0 Å². The third kappa shape index (κ3) is 2.58. The van der Waals surface area contributed by atoms with Gasteiger partial charge in [-0.3, -0.25) is 4.98 Å². The predicted molar refractivity (Wildman–Crippen MR) is 81.6 cm³/mol. The highest BCUT2D eigenvalue weighted by Crippen LogP contribution is 2.36. The van der Waals surface area contributed by atoms with Gasteiger partial charge >= 0.3 is 0 Å². The first-order valence-electron chi connectivity index (χ1n) is 6.58. The molecule has 0 aliphatic rings. The number of nitrogens with zero attached hydrogens (tertiary/aromatic N) is 3. The van der Waals surface area contributed by atoms with Crippen molar-refractivity contribution in [3.05, 3.63) is 54.5 Å². The van der Waals surface area contributed by atoms with Gasteiger partial charge in [-0.25, -0.2) is 14.4 Å². The summed E-state index contributed by atoms with van der Waals surface area (Å²) in [5.41, 5.74) is 8.11. The van der Waals surface area contributed by atoms with Crippen molar-refractivity contribution in [1.82, 2.24) is 15.0 Å². The first-order valence-corrected chi connectivity index (χ1v) is 6.58. The van der Waals surface area contributed by atoms with Crippen LogP contribution in [0.15, 0.2) is 48.7 Å². The highest BCUT2D eigenvalue weighted by Gasteiger charge is 2.18. The van der Waals surface area contributed by atoms with Crippen LogP contribution in [0.4, 0.5) is 10.3 Å². The lowest BCUT2D eigenvalue weighted by molar-refractivity contribution is 0.414. The second kappa shape index (κ2) is 5.77. The quantitative estimate of drug-likeness (QED) is 0.804. The molecule has 0 radical (unpaired) electrons. The largest absolute Gasteiger partial charge is 0.492 e. The Hall–Kier alpha value is -3.02. The first kappa shape index (κ1) is 13.9. The fourth-order valence-corrected chi connectivity index (χ4v) is 2.14. The number of rotatable bonds is 3. The zero-order chi connectivity index (χ0) is 15.5. The second-order valence-corrected chi connectivity index (χ2v) is 4.53. The monoisotopic (exact) mass is 296 g/mol. The van der Waals surface area contributed by atoms with Gasteiger partial charge in [0.2, 0.25) is 5.95 Å². The summed E-state index contributed by atoms with van der Waals surface area (Å²) in [4.78, 5) is 12.7. The van der Waals surface area contributed by atoms with Crippen molar-refractivity contribution in [2.24, 2.45) is 0 Å². The molecule has 3 aromatic rings. The smallest absolute Gasteiger partial charge is 0.221 e. The summed E-state index contributed by atoms with van der Waals surface area (Å²) in [6.45, 7) is 0. The Labute approximate surface area is 126 Å². The van der Waals surface area contributed by atoms with E-state index in [2.05, 4.69) is 15.0 Å². The van der Waals surface area contributed by atoms with E-state index in [1.54, 1.807) is 30.5 Å². The van der Waals surface area contributed by atoms with Gasteiger partial charge in [-0.1, -0.05) is 6.07 Å². The van der Waals surface area contributed by atoms with Crippen LogP contribution in [0.25, 0.3) is 22.6 Å². The molecule has 2 N–H and O–H groups in total. The average molecular weight is 296 g/mol. The lowest BCUT2D eigenvalue weighted by Gasteiger charge is -2.12. The SMILES string of the molecule is COc1c(-c2ccc(F)cc2)nc(N)nc1-c1ccccn1. The Balaban J connectivity index is 2.23. The van der Waals surface area contributed by atoms with Crippen molar-refractivity contribution in [1.29, 1.82) is 0 Å². The second-order valence-electron chi connectivity index (χ2n) is 4.53. The number of pyridine rings is 1. The van der Waals surface area contributed by atoms with Crippen molar-refractivity contribution in [3.8, 4) is 28.4 Å². The number of aromatic nitrogens is 3. The fraction of sp³-hybridized carbons (Fsp3) is 0.0625. The minimum absolute atomic E-state index is 0.0979. The zero-order valence-electron chi connectivity index (χ0n) is 11.8. The van der Waals surface area contributed by atoms with E-state index in [-0.39, 0.29) is 11.8 Å².